The number of nitrogens with zero attached hydrogens (tertiary/aromatic N) is 2. The van der Waals surface area contributed by atoms with Crippen LogP contribution in [0.5, 0.6) is 0 Å². The molecule has 1 aliphatic heterocycles. The molecule has 0 bridgehead atoms. The molecule has 2 amide bonds. The van der Waals surface area contributed by atoms with Gasteiger partial charge in [-0.2, -0.15) is 0 Å². The minimum Gasteiger partial charge on any atom is -0.335 e. The third-order valence-electron chi connectivity index (χ3n) is 5.45. The van der Waals surface area contributed by atoms with Gasteiger partial charge in [-0.05, 0) is 24.3 Å². The molecule has 0 unspecified atom stereocenters. The van der Waals surface area contributed by atoms with Crippen molar-refractivity contribution in [1.29, 1.82) is 0 Å². The lowest BCUT2D eigenvalue weighted by Gasteiger charge is -2.35. The first-order valence-electron chi connectivity index (χ1n) is 10.2. The summed E-state index contributed by atoms with van der Waals surface area (Å²) in [5.74, 6) is -2.65. The summed E-state index contributed by atoms with van der Waals surface area (Å²) in [6.07, 6.45) is 0. The molecule has 7 heteroatoms. The average Bonchev–Trinajstić information content (AvgIpc) is 2.85. The molecular weight excluding hydrogens is 414 g/mol. The Morgan fingerprint density at radius 3 is 1.78 bits per heavy atom. The lowest BCUT2D eigenvalue weighted by molar-refractivity contribution is 0.0531. The van der Waals surface area contributed by atoms with E-state index in [1.54, 1.807) is 53.4 Å². The molecule has 0 atom stereocenters. The van der Waals surface area contributed by atoms with Gasteiger partial charge in [0, 0.05) is 37.3 Å². The summed E-state index contributed by atoms with van der Waals surface area (Å²) in [5.41, 5.74) is 0.755. The molecule has 0 N–H and O–H groups in total. The lowest BCUT2D eigenvalue weighted by Crippen LogP contribution is -2.51. The number of piperazine rings is 1. The summed E-state index contributed by atoms with van der Waals surface area (Å²) in [5, 5.41) is 0. The van der Waals surface area contributed by atoms with Crippen molar-refractivity contribution in [2.24, 2.45) is 0 Å². The molecule has 1 aliphatic rings. The highest BCUT2D eigenvalue weighted by Gasteiger charge is 2.29. The van der Waals surface area contributed by atoms with Crippen molar-refractivity contribution in [3.63, 3.8) is 0 Å². The molecule has 32 heavy (non-hydrogen) atoms. The zero-order valence-electron chi connectivity index (χ0n) is 17.1. The smallest absolute Gasteiger partial charge is 0.257 e. The Morgan fingerprint density at radius 2 is 1.16 bits per heavy atom. The van der Waals surface area contributed by atoms with Crippen LogP contribution in [-0.2, 0) is 0 Å². The van der Waals surface area contributed by atoms with Gasteiger partial charge in [-0.25, -0.2) is 8.78 Å². The maximum Gasteiger partial charge on any atom is 0.257 e. The van der Waals surface area contributed by atoms with E-state index in [-0.39, 0.29) is 49.0 Å². The highest BCUT2D eigenvalue weighted by Crippen LogP contribution is 2.19. The molecule has 0 aromatic heterocycles. The molecule has 1 heterocycles. The molecule has 3 aromatic rings. The van der Waals surface area contributed by atoms with Crippen LogP contribution in [0.3, 0.4) is 0 Å². The second-order valence-corrected chi connectivity index (χ2v) is 7.45. The topological polar surface area (TPSA) is 57.7 Å². The first kappa shape index (κ1) is 21.4. The van der Waals surface area contributed by atoms with Crippen molar-refractivity contribution in [1.82, 2.24) is 9.80 Å². The zero-order chi connectivity index (χ0) is 22.7. The van der Waals surface area contributed by atoms with E-state index in [9.17, 15) is 23.2 Å². The average molecular weight is 434 g/mol. The van der Waals surface area contributed by atoms with Crippen molar-refractivity contribution < 1.29 is 23.2 Å². The van der Waals surface area contributed by atoms with Crippen molar-refractivity contribution in [3.05, 3.63) is 107 Å². The third kappa shape index (κ3) is 4.27. The van der Waals surface area contributed by atoms with Gasteiger partial charge in [0.15, 0.2) is 5.78 Å². The van der Waals surface area contributed by atoms with Gasteiger partial charge in [-0.15, -0.1) is 0 Å². The Balaban J connectivity index is 1.48. The Hall–Kier alpha value is -3.87. The second kappa shape index (κ2) is 9.09. The fraction of sp³-hybridized carbons (Fsp3) is 0.160. The van der Waals surface area contributed by atoms with Crippen LogP contribution < -0.4 is 0 Å². The predicted molar refractivity (Wildman–Crippen MR) is 114 cm³/mol. The number of hydrogen-bond acceptors (Lipinski definition) is 3. The normalized spacial score (nSPS) is 13.7. The highest BCUT2D eigenvalue weighted by molar-refractivity contribution is 6.15. The Bertz CT molecular complexity index is 1170. The third-order valence-corrected chi connectivity index (χ3v) is 5.45. The van der Waals surface area contributed by atoms with Crippen molar-refractivity contribution in [2.75, 3.05) is 26.2 Å². The van der Waals surface area contributed by atoms with E-state index in [0.29, 0.717) is 11.1 Å². The molecule has 4 rings (SSSR count). The number of amides is 2. The molecular formula is C25H20F2N2O3. The van der Waals surface area contributed by atoms with Crippen LogP contribution in [0, 0.1) is 11.6 Å². The highest BCUT2D eigenvalue weighted by atomic mass is 19.1. The number of benzene rings is 3. The Morgan fingerprint density at radius 1 is 0.625 bits per heavy atom. The molecule has 0 saturated carbocycles. The second-order valence-electron chi connectivity index (χ2n) is 7.45. The van der Waals surface area contributed by atoms with E-state index in [0.717, 1.165) is 18.2 Å². The quantitative estimate of drug-likeness (QED) is 0.587. The minimum atomic E-state index is -0.789. The molecule has 3 aromatic carbocycles. The summed E-state index contributed by atoms with van der Waals surface area (Å²) in [4.78, 5) is 41.6. The molecule has 5 nitrogen and oxygen atoms in total. The number of ketones is 1. The van der Waals surface area contributed by atoms with E-state index >= 15 is 0 Å². The van der Waals surface area contributed by atoms with Gasteiger partial charge in [-0.3, -0.25) is 14.4 Å². The predicted octanol–water partition coefficient (Wildman–Crippen LogP) is 3.79. The van der Waals surface area contributed by atoms with Gasteiger partial charge in [0.1, 0.15) is 11.6 Å². The number of hydrogen-bond donors (Lipinski definition) is 0. The van der Waals surface area contributed by atoms with Crippen LogP contribution >= 0.6 is 0 Å². The number of rotatable bonds is 4. The van der Waals surface area contributed by atoms with E-state index < -0.39 is 17.5 Å². The van der Waals surface area contributed by atoms with Crippen LogP contribution in [0.1, 0.15) is 36.6 Å². The summed E-state index contributed by atoms with van der Waals surface area (Å²) in [7, 11) is 0. The number of carbonyl (C=O) groups is 3. The van der Waals surface area contributed by atoms with Gasteiger partial charge >= 0.3 is 0 Å². The zero-order valence-corrected chi connectivity index (χ0v) is 17.1. The molecule has 0 radical (unpaired) electrons. The standard InChI is InChI=1S/C25H20F2N2O3/c26-18-10-11-22(27)21(16-18)25(32)29-14-12-28(13-15-29)24(31)20-9-5-4-8-19(20)23(30)17-6-2-1-3-7-17/h1-11,16H,12-15H2. The minimum absolute atomic E-state index is 0.176. The first-order valence-corrected chi connectivity index (χ1v) is 10.2. The monoisotopic (exact) mass is 434 g/mol. The maximum atomic E-state index is 14.0. The molecule has 162 valence electrons. The fourth-order valence-electron chi connectivity index (χ4n) is 3.73. The van der Waals surface area contributed by atoms with Crippen LogP contribution in [0.4, 0.5) is 8.78 Å². The Labute approximate surface area is 183 Å². The van der Waals surface area contributed by atoms with Crippen LogP contribution in [-0.4, -0.2) is 53.6 Å². The van der Waals surface area contributed by atoms with Crippen molar-refractivity contribution in [3.8, 4) is 0 Å². The lowest BCUT2D eigenvalue weighted by atomic mass is 9.97. The Kier molecular flexibility index (Phi) is 6.07. The van der Waals surface area contributed by atoms with E-state index in [1.807, 2.05) is 6.07 Å². The maximum absolute atomic E-state index is 14.0. The summed E-state index contributed by atoms with van der Waals surface area (Å²) in [6.45, 7) is 0.787. The van der Waals surface area contributed by atoms with Crippen LogP contribution in [0.2, 0.25) is 0 Å². The van der Waals surface area contributed by atoms with Gasteiger partial charge in [0.05, 0.1) is 11.1 Å². The largest absolute Gasteiger partial charge is 0.335 e. The SMILES string of the molecule is O=C(c1ccccc1)c1ccccc1C(=O)N1CCN(C(=O)c2cc(F)ccc2F)CC1. The number of carbonyl (C=O) groups excluding carboxylic acids is 3. The first-order chi connectivity index (χ1) is 15.5. The van der Waals surface area contributed by atoms with Crippen LogP contribution in [0.25, 0.3) is 0 Å². The molecule has 0 aliphatic carbocycles. The van der Waals surface area contributed by atoms with Gasteiger partial charge in [0.2, 0.25) is 0 Å². The summed E-state index contributed by atoms with van der Waals surface area (Å²) in [6, 6.07) is 18.1. The van der Waals surface area contributed by atoms with E-state index in [2.05, 4.69) is 0 Å². The van der Waals surface area contributed by atoms with Gasteiger partial charge < -0.3 is 9.80 Å². The summed E-state index contributed by atoms with van der Waals surface area (Å²) >= 11 is 0. The molecule has 1 saturated heterocycles. The summed E-state index contributed by atoms with van der Waals surface area (Å²) < 4.78 is 27.4. The van der Waals surface area contributed by atoms with Gasteiger partial charge in [0.25, 0.3) is 11.8 Å². The van der Waals surface area contributed by atoms with Gasteiger partial charge in [-0.1, -0.05) is 48.5 Å². The van der Waals surface area contributed by atoms with E-state index in [1.165, 1.54) is 4.90 Å². The fourth-order valence-corrected chi connectivity index (χ4v) is 3.73. The van der Waals surface area contributed by atoms with Crippen LogP contribution in [0.15, 0.2) is 72.8 Å². The number of halogens is 2. The van der Waals surface area contributed by atoms with Crippen molar-refractivity contribution in [2.45, 2.75) is 0 Å². The molecule has 1 fully saturated rings. The van der Waals surface area contributed by atoms with E-state index in [4.69, 9.17) is 0 Å². The van der Waals surface area contributed by atoms with Crippen molar-refractivity contribution >= 4 is 17.6 Å². The molecule has 0 spiro atoms.